The van der Waals surface area contributed by atoms with Gasteiger partial charge in [0.2, 0.25) is 0 Å². The van der Waals surface area contributed by atoms with Crippen molar-refractivity contribution in [3.05, 3.63) is 57.0 Å². The van der Waals surface area contributed by atoms with Crippen LogP contribution in [0.3, 0.4) is 0 Å². The quantitative estimate of drug-likeness (QED) is 0.869. The largest absolute Gasteiger partial charge is 0.495 e. The van der Waals surface area contributed by atoms with E-state index in [-0.39, 0.29) is 5.91 Å². The van der Waals surface area contributed by atoms with Gasteiger partial charge < -0.3 is 10.1 Å². The van der Waals surface area contributed by atoms with E-state index in [9.17, 15) is 4.79 Å². The molecule has 104 valence electrons. The minimum absolute atomic E-state index is 0.235. The molecule has 0 saturated carbocycles. The summed E-state index contributed by atoms with van der Waals surface area (Å²) in [5.74, 6) is 0.392. The van der Waals surface area contributed by atoms with Gasteiger partial charge in [0, 0.05) is 10.0 Å². The summed E-state index contributed by atoms with van der Waals surface area (Å²) >= 11 is 9.28. The predicted octanol–water partition coefficient (Wildman–Crippen LogP) is 4.67. The summed E-state index contributed by atoms with van der Waals surface area (Å²) in [6.45, 7) is 1.96. The summed E-state index contributed by atoms with van der Waals surface area (Å²) < 4.78 is 6.01. The third kappa shape index (κ3) is 3.32. The molecule has 0 radical (unpaired) electrons. The Bertz CT molecular complexity index is 658. The van der Waals surface area contributed by atoms with Gasteiger partial charge in [-0.1, -0.05) is 17.7 Å². The second-order valence-electron chi connectivity index (χ2n) is 4.29. The fourth-order valence-corrected chi connectivity index (χ4v) is 2.16. The Morgan fingerprint density at radius 2 is 2.00 bits per heavy atom. The molecular formula is C15H13BrClNO2. The van der Waals surface area contributed by atoms with Crippen LogP contribution in [-0.4, -0.2) is 13.0 Å². The Balaban J connectivity index is 2.25. The van der Waals surface area contributed by atoms with Crippen LogP contribution in [0.15, 0.2) is 40.9 Å². The molecule has 2 aromatic rings. The molecule has 0 aromatic heterocycles. The summed E-state index contributed by atoms with van der Waals surface area (Å²) in [7, 11) is 1.57. The second-order valence-corrected chi connectivity index (χ2v) is 5.55. The zero-order valence-electron chi connectivity index (χ0n) is 11.0. The Kier molecular flexibility index (Phi) is 4.68. The molecule has 1 amide bonds. The Labute approximate surface area is 131 Å². The molecule has 5 heteroatoms. The van der Waals surface area contributed by atoms with Crippen molar-refractivity contribution >= 4 is 39.1 Å². The number of halogens is 2. The van der Waals surface area contributed by atoms with E-state index in [1.165, 1.54) is 0 Å². The third-order valence-corrected chi connectivity index (χ3v) is 4.02. The molecule has 1 N–H and O–H groups in total. The number of hydrogen-bond donors (Lipinski definition) is 1. The number of amides is 1. The van der Waals surface area contributed by atoms with Crippen LogP contribution in [0, 0.1) is 6.92 Å². The molecular weight excluding hydrogens is 342 g/mol. The molecule has 0 aliphatic rings. The molecule has 2 rings (SSSR count). The summed E-state index contributed by atoms with van der Waals surface area (Å²) in [5, 5.41) is 3.31. The summed E-state index contributed by atoms with van der Waals surface area (Å²) in [5.41, 5.74) is 2.18. The third-order valence-electron chi connectivity index (χ3n) is 2.79. The van der Waals surface area contributed by atoms with Crippen LogP contribution < -0.4 is 10.1 Å². The zero-order chi connectivity index (χ0) is 14.7. The fourth-order valence-electron chi connectivity index (χ4n) is 1.73. The highest BCUT2D eigenvalue weighted by Crippen LogP contribution is 2.27. The minimum Gasteiger partial charge on any atom is -0.495 e. The molecule has 2 aromatic carbocycles. The zero-order valence-corrected chi connectivity index (χ0v) is 13.4. The number of anilines is 1. The number of ether oxygens (including phenoxy) is 1. The molecule has 0 fully saturated rings. The normalized spacial score (nSPS) is 10.2. The Hall–Kier alpha value is -1.52. The molecule has 0 heterocycles. The summed E-state index contributed by atoms with van der Waals surface area (Å²) in [4.78, 5) is 12.2. The van der Waals surface area contributed by atoms with Gasteiger partial charge in [-0.3, -0.25) is 4.79 Å². The van der Waals surface area contributed by atoms with Crippen LogP contribution >= 0.6 is 27.5 Å². The van der Waals surface area contributed by atoms with Crippen molar-refractivity contribution in [2.24, 2.45) is 0 Å². The second kappa shape index (κ2) is 6.29. The van der Waals surface area contributed by atoms with E-state index in [4.69, 9.17) is 16.3 Å². The van der Waals surface area contributed by atoms with E-state index in [2.05, 4.69) is 21.2 Å². The highest BCUT2D eigenvalue weighted by atomic mass is 79.9. The van der Waals surface area contributed by atoms with Crippen LogP contribution in [-0.2, 0) is 0 Å². The maximum Gasteiger partial charge on any atom is 0.255 e. The lowest BCUT2D eigenvalue weighted by Crippen LogP contribution is -2.12. The molecule has 0 atom stereocenters. The van der Waals surface area contributed by atoms with Gasteiger partial charge in [0.15, 0.2) is 0 Å². The number of carbonyl (C=O) groups excluding carboxylic acids is 1. The SMILES string of the molecule is COc1cc(C)ccc1NC(=O)c1ccc(Br)c(Cl)c1. The Morgan fingerprint density at radius 3 is 2.65 bits per heavy atom. The highest BCUT2D eigenvalue weighted by Gasteiger charge is 2.11. The number of rotatable bonds is 3. The van der Waals surface area contributed by atoms with E-state index >= 15 is 0 Å². The van der Waals surface area contributed by atoms with Crippen molar-refractivity contribution in [1.29, 1.82) is 0 Å². The van der Waals surface area contributed by atoms with Crippen molar-refractivity contribution in [3.63, 3.8) is 0 Å². The van der Waals surface area contributed by atoms with Crippen LogP contribution in [0.4, 0.5) is 5.69 Å². The van der Waals surface area contributed by atoms with E-state index in [0.29, 0.717) is 22.0 Å². The number of hydrogen-bond acceptors (Lipinski definition) is 2. The highest BCUT2D eigenvalue weighted by molar-refractivity contribution is 9.10. The number of nitrogens with one attached hydrogen (secondary N) is 1. The van der Waals surface area contributed by atoms with Gasteiger partial charge in [0.1, 0.15) is 5.75 Å². The Morgan fingerprint density at radius 1 is 1.25 bits per heavy atom. The van der Waals surface area contributed by atoms with E-state index in [1.807, 2.05) is 25.1 Å². The maximum absolute atomic E-state index is 12.2. The van der Waals surface area contributed by atoms with Crippen LogP contribution in [0.2, 0.25) is 5.02 Å². The number of benzene rings is 2. The topological polar surface area (TPSA) is 38.3 Å². The van der Waals surface area contributed by atoms with E-state index in [1.54, 1.807) is 25.3 Å². The van der Waals surface area contributed by atoms with Gasteiger partial charge in [-0.15, -0.1) is 0 Å². The van der Waals surface area contributed by atoms with Crippen LogP contribution in [0.5, 0.6) is 5.75 Å². The van der Waals surface area contributed by atoms with E-state index in [0.717, 1.165) is 10.0 Å². The van der Waals surface area contributed by atoms with Crippen molar-refractivity contribution < 1.29 is 9.53 Å². The number of methoxy groups -OCH3 is 1. The van der Waals surface area contributed by atoms with Crippen molar-refractivity contribution in [1.82, 2.24) is 0 Å². The fraction of sp³-hybridized carbons (Fsp3) is 0.133. The smallest absolute Gasteiger partial charge is 0.255 e. The lowest BCUT2D eigenvalue weighted by atomic mass is 10.2. The molecule has 0 aliphatic carbocycles. The monoisotopic (exact) mass is 353 g/mol. The van der Waals surface area contributed by atoms with Gasteiger partial charge in [-0.25, -0.2) is 0 Å². The minimum atomic E-state index is -0.235. The first-order valence-electron chi connectivity index (χ1n) is 5.92. The van der Waals surface area contributed by atoms with Gasteiger partial charge in [0.05, 0.1) is 17.8 Å². The average Bonchev–Trinajstić information content (AvgIpc) is 2.43. The van der Waals surface area contributed by atoms with Crippen LogP contribution in [0.25, 0.3) is 0 Å². The van der Waals surface area contributed by atoms with Crippen LogP contribution in [0.1, 0.15) is 15.9 Å². The molecule has 0 aliphatic heterocycles. The average molecular weight is 355 g/mol. The molecule has 20 heavy (non-hydrogen) atoms. The van der Waals surface area contributed by atoms with Crippen molar-refractivity contribution in [3.8, 4) is 5.75 Å². The molecule has 0 saturated heterocycles. The van der Waals surface area contributed by atoms with Crippen molar-refractivity contribution in [2.75, 3.05) is 12.4 Å². The molecule has 3 nitrogen and oxygen atoms in total. The van der Waals surface area contributed by atoms with Crippen molar-refractivity contribution in [2.45, 2.75) is 6.92 Å². The van der Waals surface area contributed by atoms with Gasteiger partial charge >= 0.3 is 0 Å². The van der Waals surface area contributed by atoms with E-state index < -0.39 is 0 Å². The lowest BCUT2D eigenvalue weighted by molar-refractivity contribution is 0.102. The molecule has 0 spiro atoms. The molecule has 0 bridgehead atoms. The summed E-state index contributed by atoms with van der Waals surface area (Å²) in [6, 6.07) is 10.6. The number of carbonyl (C=O) groups is 1. The number of aryl methyl sites for hydroxylation is 1. The first kappa shape index (κ1) is 14.9. The lowest BCUT2D eigenvalue weighted by Gasteiger charge is -2.11. The predicted molar refractivity (Wildman–Crippen MR) is 84.8 cm³/mol. The van der Waals surface area contributed by atoms with Gasteiger partial charge in [0.25, 0.3) is 5.91 Å². The maximum atomic E-state index is 12.2. The van der Waals surface area contributed by atoms with Gasteiger partial charge in [-0.2, -0.15) is 0 Å². The molecule has 0 unspecified atom stereocenters. The first-order valence-corrected chi connectivity index (χ1v) is 7.09. The summed E-state index contributed by atoms with van der Waals surface area (Å²) in [6.07, 6.45) is 0. The standard InChI is InChI=1S/C15H13BrClNO2/c1-9-3-6-13(14(7-9)20-2)18-15(19)10-4-5-11(16)12(17)8-10/h3-8H,1-2H3,(H,18,19). The van der Waals surface area contributed by atoms with Gasteiger partial charge in [-0.05, 0) is 58.7 Å². The first-order chi connectivity index (χ1) is 9.51.